The molecule has 4 amide bonds. The predicted molar refractivity (Wildman–Crippen MR) is 128 cm³/mol. The third kappa shape index (κ3) is 6.09. The van der Waals surface area contributed by atoms with Gasteiger partial charge in [-0.3, -0.25) is 14.5 Å². The second-order valence-corrected chi connectivity index (χ2v) is 8.06. The SMILES string of the molecule is CCOc1cc(/C=C2\NC(=O)N(Cc3ccc(C(=O)OC)o3)C2=O)ccc1OCC(=O)N1CCOCC1. The number of benzene rings is 1. The highest BCUT2D eigenvalue weighted by atomic mass is 16.5. The predicted octanol–water partition coefficient (Wildman–Crippen LogP) is 1.80. The first kappa shape index (κ1) is 25.8. The van der Waals surface area contributed by atoms with Crippen LogP contribution in [0.5, 0.6) is 11.5 Å². The summed E-state index contributed by atoms with van der Waals surface area (Å²) < 4.78 is 26.6. The number of carbonyl (C=O) groups is 4. The molecule has 37 heavy (non-hydrogen) atoms. The number of imide groups is 1. The fourth-order valence-corrected chi connectivity index (χ4v) is 3.76. The van der Waals surface area contributed by atoms with Crippen molar-refractivity contribution in [2.75, 3.05) is 46.6 Å². The fourth-order valence-electron chi connectivity index (χ4n) is 3.76. The van der Waals surface area contributed by atoms with E-state index < -0.39 is 17.9 Å². The number of furan rings is 1. The molecule has 12 nitrogen and oxygen atoms in total. The highest BCUT2D eigenvalue weighted by molar-refractivity contribution is 6.13. The van der Waals surface area contributed by atoms with E-state index in [9.17, 15) is 19.2 Å². The van der Waals surface area contributed by atoms with E-state index in [4.69, 9.17) is 18.6 Å². The van der Waals surface area contributed by atoms with Crippen molar-refractivity contribution in [3.63, 3.8) is 0 Å². The molecule has 3 heterocycles. The summed E-state index contributed by atoms with van der Waals surface area (Å²) >= 11 is 0. The molecule has 2 aliphatic heterocycles. The maximum Gasteiger partial charge on any atom is 0.373 e. The Morgan fingerprint density at radius 1 is 1.08 bits per heavy atom. The number of hydrogen-bond acceptors (Lipinski definition) is 9. The molecule has 2 saturated heterocycles. The van der Waals surface area contributed by atoms with Crippen LogP contribution in [-0.2, 0) is 25.6 Å². The molecular weight excluding hydrogens is 486 g/mol. The first-order chi connectivity index (χ1) is 17.9. The van der Waals surface area contributed by atoms with E-state index in [2.05, 4.69) is 10.1 Å². The summed E-state index contributed by atoms with van der Waals surface area (Å²) in [6.45, 7) is 3.92. The number of urea groups is 1. The second kappa shape index (κ2) is 11.6. The molecule has 0 spiro atoms. The molecule has 12 heteroatoms. The zero-order valence-electron chi connectivity index (χ0n) is 20.5. The standard InChI is InChI=1S/C25H27N3O9/c1-3-35-21-13-16(4-6-19(21)36-15-22(29)27-8-10-34-11-9-27)12-18-23(30)28(25(32)26-18)14-17-5-7-20(37-17)24(31)33-2/h4-7,12-13H,3,8-11,14-15H2,1-2H3,(H,26,32)/b18-12-. The number of nitrogens with zero attached hydrogens (tertiary/aromatic N) is 2. The molecule has 2 aliphatic rings. The Labute approximate surface area is 212 Å². The molecule has 0 radical (unpaired) electrons. The molecule has 2 aromatic rings. The lowest BCUT2D eigenvalue weighted by atomic mass is 10.1. The minimum absolute atomic E-state index is 0.0299. The van der Waals surface area contributed by atoms with Crippen molar-refractivity contribution in [3.8, 4) is 11.5 Å². The van der Waals surface area contributed by atoms with E-state index in [0.717, 1.165) is 4.90 Å². The molecule has 2 fully saturated rings. The topological polar surface area (TPSA) is 137 Å². The summed E-state index contributed by atoms with van der Waals surface area (Å²) in [7, 11) is 1.22. The number of carbonyl (C=O) groups excluding carboxylic acids is 4. The fraction of sp³-hybridized carbons (Fsp3) is 0.360. The summed E-state index contributed by atoms with van der Waals surface area (Å²) in [5, 5.41) is 2.54. The second-order valence-electron chi connectivity index (χ2n) is 8.06. The molecule has 0 atom stereocenters. The van der Waals surface area contributed by atoms with Gasteiger partial charge in [0, 0.05) is 13.1 Å². The Balaban J connectivity index is 1.44. The zero-order valence-corrected chi connectivity index (χ0v) is 20.5. The van der Waals surface area contributed by atoms with E-state index in [1.54, 1.807) is 23.1 Å². The van der Waals surface area contributed by atoms with Gasteiger partial charge in [-0.1, -0.05) is 6.07 Å². The Kier molecular flexibility index (Phi) is 8.08. The van der Waals surface area contributed by atoms with Crippen LogP contribution in [0.4, 0.5) is 4.79 Å². The number of ether oxygens (including phenoxy) is 4. The first-order valence-electron chi connectivity index (χ1n) is 11.7. The van der Waals surface area contributed by atoms with Gasteiger partial charge in [0.2, 0.25) is 5.76 Å². The summed E-state index contributed by atoms with van der Waals surface area (Å²) in [6.07, 6.45) is 1.51. The monoisotopic (exact) mass is 513 g/mol. The van der Waals surface area contributed by atoms with Gasteiger partial charge in [-0.25, -0.2) is 9.59 Å². The number of morpholine rings is 1. The van der Waals surface area contributed by atoms with Crippen molar-refractivity contribution in [2.45, 2.75) is 13.5 Å². The Bertz CT molecular complexity index is 1210. The molecule has 0 bridgehead atoms. The molecule has 196 valence electrons. The number of methoxy groups -OCH3 is 1. The Hall–Kier alpha value is -4.32. The smallest absolute Gasteiger partial charge is 0.373 e. The van der Waals surface area contributed by atoms with Crippen molar-refractivity contribution in [1.29, 1.82) is 0 Å². The highest BCUT2D eigenvalue weighted by Gasteiger charge is 2.34. The van der Waals surface area contributed by atoms with Crippen LogP contribution in [0.15, 0.2) is 40.4 Å². The van der Waals surface area contributed by atoms with Crippen LogP contribution in [0.25, 0.3) is 6.08 Å². The summed E-state index contributed by atoms with van der Waals surface area (Å²) in [5.74, 6) is -0.372. The van der Waals surface area contributed by atoms with E-state index in [1.807, 2.05) is 6.92 Å². The number of rotatable bonds is 9. The van der Waals surface area contributed by atoms with Crippen LogP contribution in [-0.4, -0.2) is 80.2 Å². The van der Waals surface area contributed by atoms with Gasteiger partial charge in [0.15, 0.2) is 18.1 Å². The average Bonchev–Trinajstić information content (AvgIpc) is 3.48. The van der Waals surface area contributed by atoms with Crippen molar-refractivity contribution >= 4 is 29.9 Å². The third-order valence-electron chi connectivity index (χ3n) is 5.62. The van der Waals surface area contributed by atoms with Gasteiger partial charge in [-0.2, -0.15) is 0 Å². The van der Waals surface area contributed by atoms with Crippen molar-refractivity contribution in [2.24, 2.45) is 0 Å². The number of nitrogens with one attached hydrogen (secondary N) is 1. The van der Waals surface area contributed by atoms with Crippen LogP contribution in [0.2, 0.25) is 0 Å². The highest BCUT2D eigenvalue weighted by Crippen LogP contribution is 2.30. The molecular formula is C25H27N3O9. The maximum absolute atomic E-state index is 12.9. The van der Waals surface area contributed by atoms with E-state index in [-0.39, 0.29) is 36.3 Å². The van der Waals surface area contributed by atoms with Gasteiger partial charge in [0.1, 0.15) is 11.5 Å². The van der Waals surface area contributed by atoms with Crippen LogP contribution in [0.3, 0.4) is 0 Å². The number of amides is 4. The summed E-state index contributed by atoms with van der Waals surface area (Å²) in [4.78, 5) is 51.9. The molecule has 0 unspecified atom stereocenters. The van der Waals surface area contributed by atoms with Crippen LogP contribution >= 0.6 is 0 Å². The molecule has 1 N–H and O–H groups in total. The largest absolute Gasteiger partial charge is 0.490 e. The Morgan fingerprint density at radius 3 is 2.59 bits per heavy atom. The van der Waals surface area contributed by atoms with Crippen molar-refractivity contribution in [1.82, 2.24) is 15.1 Å². The Morgan fingerprint density at radius 2 is 1.86 bits per heavy atom. The quantitative estimate of drug-likeness (QED) is 0.302. The van der Waals surface area contributed by atoms with E-state index >= 15 is 0 Å². The van der Waals surface area contributed by atoms with Crippen LogP contribution in [0.1, 0.15) is 28.8 Å². The van der Waals surface area contributed by atoms with Crippen molar-refractivity contribution in [3.05, 3.63) is 53.1 Å². The molecule has 0 aliphatic carbocycles. The minimum Gasteiger partial charge on any atom is -0.490 e. The maximum atomic E-state index is 12.9. The molecule has 1 aromatic carbocycles. The van der Waals surface area contributed by atoms with E-state index in [0.29, 0.717) is 50.0 Å². The average molecular weight is 514 g/mol. The van der Waals surface area contributed by atoms with Gasteiger partial charge < -0.3 is 33.6 Å². The van der Waals surface area contributed by atoms with Crippen LogP contribution < -0.4 is 14.8 Å². The lowest BCUT2D eigenvalue weighted by molar-refractivity contribution is -0.137. The molecule has 1 aromatic heterocycles. The first-order valence-corrected chi connectivity index (χ1v) is 11.7. The van der Waals surface area contributed by atoms with Crippen LogP contribution in [0, 0.1) is 0 Å². The van der Waals surface area contributed by atoms with Gasteiger partial charge in [0.05, 0.1) is 33.5 Å². The summed E-state index contributed by atoms with van der Waals surface area (Å²) in [6, 6.07) is 7.25. The molecule has 0 saturated carbocycles. The van der Waals surface area contributed by atoms with Gasteiger partial charge >= 0.3 is 12.0 Å². The normalized spacial score (nSPS) is 16.6. The van der Waals surface area contributed by atoms with Crippen molar-refractivity contribution < 1.29 is 42.5 Å². The van der Waals surface area contributed by atoms with Gasteiger partial charge in [-0.05, 0) is 42.8 Å². The lowest BCUT2D eigenvalue weighted by Crippen LogP contribution is -2.43. The molecule has 4 rings (SSSR count). The number of esters is 1. The van der Waals surface area contributed by atoms with Gasteiger partial charge in [-0.15, -0.1) is 0 Å². The van der Waals surface area contributed by atoms with Gasteiger partial charge in [0.25, 0.3) is 11.8 Å². The summed E-state index contributed by atoms with van der Waals surface area (Å²) in [5.41, 5.74) is 0.634. The minimum atomic E-state index is -0.660. The third-order valence-corrected chi connectivity index (χ3v) is 5.62. The van der Waals surface area contributed by atoms with E-state index in [1.165, 1.54) is 25.3 Å². The lowest BCUT2D eigenvalue weighted by Gasteiger charge is -2.26. The zero-order chi connectivity index (χ0) is 26.4. The number of hydrogen-bond donors (Lipinski definition) is 1.